The fourth-order valence-corrected chi connectivity index (χ4v) is 2.97. The molecule has 3 aromatic rings. The monoisotopic (exact) mass is 408 g/mol. The smallest absolute Gasteiger partial charge is 0.338 e. The number of rotatable bonds is 6. The summed E-state index contributed by atoms with van der Waals surface area (Å²) in [6, 6.07) is 10.6. The summed E-state index contributed by atoms with van der Waals surface area (Å²) < 4.78 is 6.36. The lowest BCUT2D eigenvalue weighted by Gasteiger charge is -2.09. The van der Waals surface area contributed by atoms with Gasteiger partial charge in [0.1, 0.15) is 0 Å². The lowest BCUT2D eigenvalue weighted by molar-refractivity contribution is -0.384. The highest BCUT2D eigenvalue weighted by Gasteiger charge is 2.28. The van der Waals surface area contributed by atoms with Crippen LogP contribution in [-0.2, 0) is 4.74 Å². The van der Waals surface area contributed by atoms with Crippen molar-refractivity contribution in [2.75, 3.05) is 12.4 Å². The number of anilines is 1. The van der Waals surface area contributed by atoms with Crippen LogP contribution in [0.25, 0.3) is 11.4 Å². The highest BCUT2D eigenvalue weighted by molar-refractivity contribution is 6.06. The van der Waals surface area contributed by atoms with E-state index in [1.807, 2.05) is 6.07 Å². The number of ether oxygens (including phenoxy) is 1. The van der Waals surface area contributed by atoms with Crippen LogP contribution < -0.4 is 5.32 Å². The number of hydrogen-bond acceptors (Lipinski definition) is 8. The molecule has 0 saturated heterocycles. The third-order valence-electron chi connectivity index (χ3n) is 4.58. The molecule has 11 heteroatoms. The van der Waals surface area contributed by atoms with Crippen molar-refractivity contribution in [1.29, 1.82) is 0 Å². The number of nitrogens with zero attached hydrogens (tertiary/aromatic N) is 5. The number of nitro groups is 1. The molecule has 1 aliphatic carbocycles. The topological polar surface area (TPSA) is 142 Å². The number of amides is 1. The summed E-state index contributed by atoms with van der Waals surface area (Å²) in [5.41, 5.74) is 0.653. The Morgan fingerprint density at radius 1 is 1.20 bits per heavy atom. The molecule has 1 amide bonds. The van der Waals surface area contributed by atoms with Gasteiger partial charge in [0.25, 0.3) is 11.6 Å². The number of carbonyl (C=O) groups excluding carboxylic acids is 2. The normalized spacial score (nSPS) is 13.0. The summed E-state index contributed by atoms with van der Waals surface area (Å²) in [5, 5.41) is 25.7. The SMILES string of the molecule is COC(=O)c1cc(C(=O)Nc2cccc(-c3nnnn3C3CC3)c2)cc([N+](=O)[O-])c1. The van der Waals surface area contributed by atoms with Gasteiger partial charge in [0.15, 0.2) is 5.82 Å². The maximum Gasteiger partial charge on any atom is 0.338 e. The van der Waals surface area contributed by atoms with E-state index in [1.54, 1.807) is 22.9 Å². The molecule has 1 N–H and O–H groups in total. The summed E-state index contributed by atoms with van der Waals surface area (Å²) in [7, 11) is 1.15. The van der Waals surface area contributed by atoms with E-state index in [0.29, 0.717) is 11.5 Å². The van der Waals surface area contributed by atoms with Gasteiger partial charge in [0, 0.05) is 28.9 Å². The summed E-state index contributed by atoms with van der Waals surface area (Å²) in [6.07, 6.45) is 2.04. The van der Waals surface area contributed by atoms with Crippen molar-refractivity contribution in [2.24, 2.45) is 0 Å². The minimum Gasteiger partial charge on any atom is -0.465 e. The number of benzene rings is 2. The Balaban J connectivity index is 1.61. The van der Waals surface area contributed by atoms with Crippen molar-refractivity contribution in [3.63, 3.8) is 0 Å². The first kappa shape index (κ1) is 19.2. The van der Waals surface area contributed by atoms with Crippen molar-refractivity contribution < 1.29 is 19.2 Å². The van der Waals surface area contributed by atoms with E-state index < -0.39 is 16.8 Å². The molecule has 0 spiro atoms. The van der Waals surface area contributed by atoms with Crippen LogP contribution in [0.15, 0.2) is 42.5 Å². The summed E-state index contributed by atoms with van der Waals surface area (Å²) >= 11 is 0. The van der Waals surface area contributed by atoms with Crippen LogP contribution in [0.4, 0.5) is 11.4 Å². The van der Waals surface area contributed by atoms with Crippen LogP contribution in [0.1, 0.15) is 39.6 Å². The minimum absolute atomic E-state index is 0.0437. The number of non-ortho nitro benzene ring substituents is 1. The van der Waals surface area contributed by atoms with E-state index in [1.165, 1.54) is 6.07 Å². The van der Waals surface area contributed by atoms with E-state index >= 15 is 0 Å². The molecule has 1 aliphatic rings. The standard InChI is InChI=1S/C19H16N6O5/c1-30-19(27)13-7-12(9-16(10-13)25(28)29)18(26)20-14-4-2-3-11(8-14)17-21-22-23-24(17)15-5-6-15/h2-4,7-10,15H,5-6H2,1H3,(H,20,26). The zero-order valence-electron chi connectivity index (χ0n) is 15.8. The van der Waals surface area contributed by atoms with E-state index in [0.717, 1.165) is 37.6 Å². The number of aromatic nitrogens is 4. The Hall–Kier alpha value is -4.15. The molecule has 0 aliphatic heterocycles. The van der Waals surface area contributed by atoms with Crippen molar-refractivity contribution in [3.05, 3.63) is 63.7 Å². The predicted molar refractivity (Wildman–Crippen MR) is 104 cm³/mol. The van der Waals surface area contributed by atoms with Crippen molar-refractivity contribution in [3.8, 4) is 11.4 Å². The van der Waals surface area contributed by atoms with Gasteiger partial charge in [-0.05, 0) is 41.5 Å². The number of carbonyl (C=O) groups is 2. The summed E-state index contributed by atoms with van der Waals surface area (Å²) in [5.74, 6) is -0.790. The molecule has 152 valence electrons. The van der Waals surface area contributed by atoms with Gasteiger partial charge in [0.2, 0.25) is 0 Å². The molecule has 0 atom stereocenters. The van der Waals surface area contributed by atoms with E-state index in [9.17, 15) is 19.7 Å². The van der Waals surface area contributed by atoms with Gasteiger partial charge in [0.05, 0.1) is 23.6 Å². The van der Waals surface area contributed by atoms with E-state index in [4.69, 9.17) is 0 Å². The molecule has 2 aromatic carbocycles. The first-order valence-corrected chi connectivity index (χ1v) is 9.03. The predicted octanol–water partition coefficient (Wildman–Crippen LogP) is 2.62. The summed E-state index contributed by atoms with van der Waals surface area (Å²) in [6.45, 7) is 0. The van der Waals surface area contributed by atoms with Crippen molar-refractivity contribution in [2.45, 2.75) is 18.9 Å². The number of nitrogens with one attached hydrogen (secondary N) is 1. The molecule has 1 heterocycles. The third-order valence-corrected chi connectivity index (χ3v) is 4.58. The fourth-order valence-electron chi connectivity index (χ4n) is 2.97. The Morgan fingerprint density at radius 2 is 1.97 bits per heavy atom. The summed E-state index contributed by atoms with van der Waals surface area (Å²) in [4.78, 5) is 35.0. The zero-order valence-corrected chi connectivity index (χ0v) is 15.8. The molecule has 1 fully saturated rings. The molecule has 1 aromatic heterocycles. The first-order valence-electron chi connectivity index (χ1n) is 9.03. The molecule has 30 heavy (non-hydrogen) atoms. The number of hydrogen-bond donors (Lipinski definition) is 1. The van der Waals surface area contributed by atoms with Gasteiger partial charge >= 0.3 is 5.97 Å². The largest absolute Gasteiger partial charge is 0.465 e. The highest BCUT2D eigenvalue weighted by atomic mass is 16.6. The van der Waals surface area contributed by atoms with Crippen LogP contribution in [-0.4, -0.2) is 44.1 Å². The quantitative estimate of drug-likeness (QED) is 0.372. The lowest BCUT2D eigenvalue weighted by atomic mass is 10.1. The maximum absolute atomic E-state index is 12.7. The average molecular weight is 408 g/mol. The van der Waals surface area contributed by atoms with Crippen LogP contribution in [0.2, 0.25) is 0 Å². The van der Waals surface area contributed by atoms with Gasteiger partial charge in [-0.15, -0.1) is 5.10 Å². The van der Waals surface area contributed by atoms with E-state index in [2.05, 4.69) is 25.6 Å². The average Bonchev–Trinajstić information content (AvgIpc) is 3.49. The highest BCUT2D eigenvalue weighted by Crippen LogP contribution is 2.36. The van der Waals surface area contributed by atoms with Crippen LogP contribution in [0, 0.1) is 10.1 Å². The zero-order chi connectivity index (χ0) is 21.3. The number of methoxy groups -OCH3 is 1. The second-order valence-corrected chi connectivity index (χ2v) is 6.73. The molecular formula is C19H16N6O5. The molecule has 0 bridgehead atoms. The van der Waals surface area contributed by atoms with Gasteiger partial charge in [-0.3, -0.25) is 14.9 Å². The van der Waals surface area contributed by atoms with Crippen LogP contribution >= 0.6 is 0 Å². The molecular weight excluding hydrogens is 392 g/mol. The number of nitro benzene ring substituents is 1. The van der Waals surface area contributed by atoms with Crippen LogP contribution in [0.3, 0.4) is 0 Å². The Kier molecular flexibility index (Phi) is 4.92. The maximum atomic E-state index is 12.7. The van der Waals surface area contributed by atoms with Gasteiger partial charge in [-0.25, -0.2) is 9.48 Å². The van der Waals surface area contributed by atoms with Gasteiger partial charge < -0.3 is 10.1 Å². The van der Waals surface area contributed by atoms with Gasteiger partial charge in [-0.1, -0.05) is 12.1 Å². The Labute approximate surface area is 169 Å². The number of esters is 1. The molecule has 1 saturated carbocycles. The van der Waals surface area contributed by atoms with Crippen molar-refractivity contribution >= 4 is 23.3 Å². The van der Waals surface area contributed by atoms with Gasteiger partial charge in [-0.2, -0.15) is 0 Å². The lowest BCUT2D eigenvalue weighted by Crippen LogP contribution is -2.14. The molecule has 4 rings (SSSR count). The molecule has 0 unspecified atom stereocenters. The first-order chi connectivity index (χ1) is 14.5. The Bertz CT molecular complexity index is 1150. The third kappa shape index (κ3) is 3.85. The minimum atomic E-state index is -0.776. The number of tetrazole rings is 1. The van der Waals surface area contributed by atoms with E-state index in [-0.39, 0.29) is 22.9 Å². The van der Waals surface area contributed by atoms with Crippen LogP contribution in [0.5, 0.6) is 0 Å². The second-order valence-electron chi connectivity index (χ2n) is 6.73. The molecule has 0 radical (unpaired) electrons. The van der Waals surface area contributed by atoms with Crippen molar-refractivity contribution in [1.82, 2.24) is 20.2 Å². The fraction of sp³-hybridized carbons (Fsp3) is 0.211. The molecule has 11 nitrogen and oxygen atoms in total. The second kappa shape index (κ2) is 7.70. The Morgan fingerprint density at radius 3 is 2.67 bits per heavy atom.